The Balaban J connectivity index is 1.63. The number of rotatable bonds is 4. The van der Waals surface area contributed by atoms with Crippen LogP contribution in [0.2, 0.25) is 0 Å². The van der Waals surface area contributed by atoms with Crippen molar-refractivity contribution in [1.29, 1.82) is 0 Å². The molecule has 0 saturated heterocycles. The van der Waals surface area contributed by atoms with E-state index in [1.165, 1.54) is 0 Å². The highest BCUT2D eigenvalue weighted by Gasteiger charge is 2.26. The van der Waals surface area contributed by atoms with Crippen LogP contribution in [-0.4, -0.2) is 32.7 Å². The second-order valence-electron chi connectivity index (χ2n) is 7.10. The first-order valence-electron chi connectivity index (χ1n) is 9.29. The highest BCUT2D eigenvalue weighted by Crippen LogP contribution is 2.23. The molecule has 1 amide bonds. The summed E-state index contributed by atoms with van der Waals surface area (Å²) in [5, 5.41) is 13.2. The van der Waals surface area contributed by atoms with Crippen LogP contribution >= 0.6 is 15.9 Å². The van der Waals surface area contributed by atoms with E-state index in [2.05, 4.69) is 42.9 Å². The Hall–Kier alpha value is -2.18. The Morgan fingerprint density at radius 1 is 1.22 bits per heavy atom. The van der Waals surface area contributed by atoms with Crippen molar-refractivity contribution in [2.45, 2.75) is 44.4 Å². The van der Waals surface area contributed by atoms with Crippen molar-refractivity contribution in [3.63, 3.8) is 0 Å². The van der Waals surface area contributed by atoms with E-state index in [1.54, 1.807) is 6.20 Å². The van der Waals surface area contributed by atoms with Gasteiger partial charge in [0.25, 0.3) is 5.91 Å². The Morgan fingerprint density at radius 2 is 2.00 bits per heavy atom. The van der Waals surface area contributed by atoms with E-state index in [4.69, 9.17) is 0 Å². The Morgan fingerprint density at radius 3 is 2.78 bits per heavy atom. The number of aliphatic hydroxyl groups excluding tert-OH is 1. The molecule has 0 radical (unpaired) electrons. The van der Waals surface area contributed by atoms with Gasteiger partial charge in [-0.2, -0.15) is 0 Å². The molecule has 2 unspecified atom stereocenters. The second kappa shape index (κ2) is 7.82. The van der Waals surface area contributed by atoms with Crippen molar-refractivity contribution < 1.29 is 9.90 Å². The molecular weight excluding hydrogens is 406 g/mol. The second-order valence-corrected chi connectivity index (χ2v) is 8.02. The fraction of sp³-hybridized carbons (Fsp3) is 0.333. The predicted octanol–water partition coefficient (Wildman–Crippen LogP) is 3.88. The topological polar surface area (TPSA) is 67.2 Å². The molecule has 1 aromatic carbocycles. The third-order valence-corrected chi connectivity index (χ3v) is 5.72. The fourth-order valence-corrected chi connectivity index (χ4v) is 4.00. The van der Waals surface area contributed by atoms with Gasteiger partial charge in [-0.15, -0.1) is 0 Å². The van der Waals surface area contributed by atoms with Crippen LogP contribution in [0.5, 0.6) is 0 Å². The SMILES string of the molecule is O=C(NC1CCCCC1O)c1cn(Cc2ccc(Br)cc2)c2cccnc12. The highest BCUT2D eigenvalue weighted by molar-refractivity contribution is 9.10. The molecule has 0 spiro atoms. The van der Waals surface area contributed by atoms with E-state index in [0.717, 1.165) is 41.2 Å². The molecule has 1 aliphatic carbocycles. The maximum Gasteiger partial charge on any atom is 0.255 e. The number of fused-ring (bicyclic) bond motifs is 1. The summed E-state index contributed by atoms with van der Waals surface area (Å²) in [4.78, 5) is 17.3. The van der Waals surface area contributed by atoms with E-state index in [-0.39, 0.29) is 11.9 Å². The molecular formula is C21H22BrN3O2. The molecule has 3 aromatic rings. The van der Waals surface area contributed by atoms with Crippen LogP contribution in [0.4, 0.5) is 0 Å². The number of nitrogens with zero attached hydrogens (tertiary/aromatic N) is 2. The van der Waals surface area contributed by atoms with E-state index in [1.807, 2.05) is 30.5 Å². The average Bonchev–Trinajstić information content (AvgIpc) is 3.04. The van der Waals surface area contributed by atoms with Crippen LogP contribution in [0, 0.1) is 0 Å². The lowest BCUT2D eigenvalue weighted by Crippen LogP contribution is -2.45. The minimum Gasteiger partial charge on any atom is -0.391 e. The Labute approximate surface area is 166 Å². The van der Waals surface area contributed by atoms with Crippen molar-refractivity contribution in [3.05, 3.63) is 64.4 Å². The molecule has 4 rings (SSSR count). The van der Waals surface area contributed by atoms with E-state index in [9.17, 15) is 9.90 Å². The number of nitrogens with one attached hydrogen (secondary N) is 1. The Bertz CT molecular complexity index is 952. The maximum absolute atomic E-state index is 12.9. The van der Waals surface area contributed by atoms with Crippen molar-refractivity contribution in [1.82, 2.24) is 14.9 Å². The monoisotopic (exact) mass is 427 g/mol. The number of hydrogen-bond acceptors (Lipinski definition) is 3. The van der Waals surface area contributed by atoms with Crippen molar-refractivity contribution in [2.75, 3.05) is 0 Å². The summed E-state index contributed by atoms with van der Waals surface area (Å²) in [6.45, 7) is 0.662. The number of benzene rings is 1. The molecule has 1 fully saturated rings. The number of pyridine rings is 1. The van der Waals surface area contributed by atoms with Gasteiger partial charge in [0, 0.05) is 23.4 Å². The summed E-state index contributed by atoms with van der Waals surface area (Å²) in [6, 6.07) is 11.8. The van der Waals surface area contributed by atoms with E-state index >= 15 is 0 Å². The van der Waals surface area contributed by atoms with Crippen LogP contribution in [0.25, 0.3) is 11.0 Å². The van der Waals surface area contributed by atoms with Gasteiger partial charge in [-0.05, 0) is 42.7 Å². The van der Waals surface area contributed by atoms with Crippen LogP contribution in [0.3, 0.4) is 0 Å². The number of aliphatic hydroxyl groups is 1. The molecule has 5 nitrogen and oxygen atoms in total. The molecule has 6 heteroatoms. The van der Waals surface area contributed by atoms with Gasteiger partial charge in [-0.25, -0.2) is 0 Å². The molecule has 140 valence electrons. The normalized spacial score (nSPS) is 19.9. The number of halogens is 1. The van der Waals surface area contributed by atoms with Crippen LogP contribution in [0.15, 0.2) is 53.3 Å². The minimum atomic E-state index is -0.466. The van der Waals surface area contributed by atoms with Gasteiger partial charge < -0.3 is 15.0 Å². The number of carbonyl (C=O) groups excluding carboxylic acids is 1. The van der Waals surface area contributed by atoms with Crippen LogP contribution in [0.1, 0.15) is 41.6 Å². The van der Waals surface area contributed by atoms with Gasteiger partial charge in [-0.3, -0.25) is 9.78 Å². The molecule has 1 aliphatic rings. The van der Waals surface area contributed by atoms with Gasteiger partial charge in [0.1, 0.15) is 5.52 Å². The first-order chi connectivity index (χ1) is 13.1. The molecule has 2 heterocycles. The lowest BCUT2D eigenvalue weighted by atomic mass is 9.92. The number of amides is 1. The summed E-state index contributed by atoms with van der Waals surface area (Å²) in [7, 11) is 0. The van der Waals surface area contributed by atoms with Crippen LogP contribution < -0.4 is 5.32 Å². The standard InChI is InChI=1S/C21H22BrN3O2/c22-15-9-7-14(8-10-15)12-25-13-16(20-18(25)5-3-11-23-20)21(27)24-17-4-1-2-6-19(17)26/h3,5,7-11,13,17,19,26H,1-2,4,6,12H2,(H,24,27). The summed E-state index contributed by atoms with van der Waals surface area (Å²) >= 11 is 3.46. The number of carbonyl (C=O) groups is 1. The first-order valence-corrected chi connectivity index (χ1v) is 10.1. The third kappa shape index (κ3) is 3.92. The minimum absolute atomic E-state index is 0.167. The largest absolute Gasteiger partial charge is 0.391 e. The summed E-state index contributed by atoms with van der Waals surface area (Å²) in [5.41, 5.74) is 3.32. The van der Waals surface area contributed by atoms with Gasteiger partial charge in [0.05, 0.1) is 23.2 Å². The molecule has 27 heavy (non-hydrogen) atoms. The quantitative estimate of drug-likeness (QED) is 0.663. The van der Waals surface area contributed by atoms with Crippen molar-refractivity contribution >= 4 is 32.9 Å². The zero-order valence-corrected chi connectivity index (χ0v) is 16.5. The lowest BCUT2D eigenvalue weighted by molar-refractivity contribution is 0.0718. The van der Waals surface area contributed by atoms with Gasteiger partial charge in [0.15, 0.2) is 0 Å². The molecule has 2 aromatic heterocycles. The molecule has 0 bridgehead atoms. The number of aromatic nitrogens is 2. The van der Waals surface area contributed by atoms with Gasteiger partial charge in [-0.1, -0.05) is 40.9 Å². The lowest BCUT2D eigenvalue weighted by Gasteiger charge is -2.28. The Kier molecular flexibility index (Phi) is 5.27. The molecule has 2 N–H and O–H groups in total. The fourth-order valence-electron chi connectivity index (χ4n) is 3.73. The zero-order valence-electron chi connectivity index (χ0n) is 14.9. The highest BCUT2D eigenvalue weighted by atomic mass is 79.9. The van der Waals surface area contributed by atoms with Gasteiger partial charge >= 0.3 is 0 Å². The zero-order chi connectivity index (χ0) is 18.8. The average molecular weight is 428 g/mol. The summed E-state index contributed by atoms with van der Waals surface area (Å²) < 4.78 is 3.09. The number of hydrogen-bond donors (Lipinski definition) is 2. The van der Waals surface area contributed by atoms with E-state index in [0.29, 0.717) is 17.6 Å². The molecule has 1 saturated carbocycles. The van der Waals surface area contributed by atoms with Crippen molar-refractivity contribution in [2.24, 2.45) is 0 Å². The molecule has 0 aliphatic heterocycles. The first kappa shape index (κ1) is 18.2. The summed E-state index contributed by atoms with van der Waals surface area (Å²) in [5.74, 6) is -0.167. The smallest absolute Gasteiger partial charge is 0.255 e. The maximum atomic E-state index is 12.9. The van der Waals surface area contributed by atoms with Crippen LogP contribution in [-0.2, 0) is 6.54 Å². The third-order valence-electron chi connectivity index (χ3n) is 5.19. The molecule has 2 atom stereocenters. The van der Waals surface area contributed by atoms with E-state index < -0.39 is 6.10 Å². The van der Waals surface area contributed by atoms with Gasteiger partial charge in [0.2, 0.25) is 0 Å². The van der Waals surface area contributed by atoms with Crippen molar-refractivity contribution in [3.8, 4) is 0 Å². The summed E-state index contributed by atoms with van der Waals surface area (Å²) in [6.07, 6.45) is 6.72. The predicted molar refractivity (Wildman–Crippen MR) is 109 cm³/mol.